The van der Waals surface area contributed by atoms with Crippen LogP contribution in [0.1, 0.15) is 38.5 Å². The van der Waals surface area contributed by atoms with Crippen molar-refractivity contribution in [1.82, 2.24) is 5.32 Å². The molecule has 0 unspecified atom stereocenters. The summed E-state index contributed by atoms with van der Waals surface area (Å²) in [6, 6.07) is 0. The minimum Gasteiger partial charge on any atom is -0.393 e. The van der Waals surface area contributed by atoms with Crippen LogP contribution >= 0.6 is 11.8 Å². The maximum atomic E-state index is 9.37. The van der Waals surface area contributed by atoms with Crippen LogP contribution < -0.4 is 5.32 Å². The van der Waals surface area contributed by atoms with Crippen LogP contribution in [0.25, 0.3) is 0 Å². The van der Waals surface area contributed by atoms with E-state index in [1.165, 1.54) is 38.0 Å². The number of thioether (sulfide) groups is 1. The van der Waals surface area contributed by atoms with Crippen molar-refractivity contribution in [3.63, 3.8) is 0 Å². The van der Waals surface area contributed by atoms with Crippen molar-refractivity contribution < 1.29 is 5.11 Å². The molecular formula is C12H25NOS. The van der Waals surface area contributed by atoms with E-state index in [0.29, 0.717) is 0 Å². The molecule has 0 aromatic rings. The van der Waals surface area contributed by atoms with Crippen molar-refractivity contribution in [3.05, 3.63) is 0 Å². The lowest BCUT2D eigenvalue weighted by atomic mass is 9.87. The second kappa shape index (κ2) is 8.43. The average molecular weight is 231 g/mol. The number of hydrogen-bond acceptors (Lipinski definition) is 3. The van der Waals surface area contributed by atoms with Crippen molar-refractivity contribution in [1.29, 1.82) is 0 Å². The molecule has 2 N–H and O–H groups in total. The number of nitrogens with one attached hydrogen (secondary N) is 1. The summed E-state index contributed by atoms with van der Waals surface area (Å²) in [4.78, 5) is 0. The third kappa shape index (κ3) is 6.44. The van der Waals surface area contributed by atoms with Gasteiger partial charge in [0.15, 0.2) is 0 Å². The van der Waals surface area contributed by atoms with Gasteiger partial charge in [-0.2, -0.15) is 11.8 Å². The topological polar surface area (TPSA) is 32.3 Å². The molecule has 0 aliphatic heterocycles. The highest BCUT2D eigenvalue weighted by Gasteiger charge is 2.18. The quantitative estimate of drug-likeness (QED) is 0.659. The number of rotatable bonds is 7. The van der Waals surface area contributed by atoms with Gasteiger partial charge in [-0.15, -0.1) is 0 Å². The van der Waals surface area contributed by atoms with Crippen molar-refractivity contribution in [2.75, 3.05) is 25.1 Å². The normalized spacial score (nSPS) is 26.8. The molecule has 0 spiro atoms. The first kappa shape index (κ1) is 13.3. The molecule has 1 aliphatic carbocycles. The van der Waals surface area contributed by atoms with Crippen LogP contribution in [0.2, 0.25) is 0 Å². The fourth-order valence-corrected chi connectivity index (χ4v) is 2.64. The monoisotopic (exact) mass is 231 g/mol. The van der Waals surface area contributed by atoms with E-state index >= 15 is 0 Å². The van der Waals surface area contributed by atoms with E-state index in [4.69, 9.17) is 0 Å². The first-order valence-electron chi connectivity index (χ1n) is 6.20. The zero-order valence-corrected chi connectivity index (χ0v) is 10.7. The van der Waals surface area contributed by atoms with Gasteiger partial charge in [0.05, 0.1) is 6.10 Å². The number of aliphatic hydroxyl groups is 1. The highest BCUT2D eigenvalue weighted by Crippen LogP contribution is 2.23. The van der Waals surface area contributed by atoms with Crippen LogP contribution in [0.4, 0.5) is 0 Å². The summed E-state index contributed by atoms with van der Waals surface area (Å²) in [5.74, 6) is 2.10. The smallest absolute Gasteiger partial charge is 0.0540 e. The van der Waals surface area contributed by atoms with Gasteiger partial charge in [-0.05, 0) is 69.5 Å². The van der Waals surface area contributed by atoms with E-state index in [1.54, 1.807) is 0 Å². The van der Waals surface area contributed by atoms with Crippen LogP contribution in [0, 0.1) is 5.92 Å². The number of aliphatic hydroxyl groups excluding tert-OH is 1. The van der Waals surface area contributed by atoms with Gasteiger partial charge < -0.3 is 10.4 Å². The molecule has 2 nitrogen and oxygen atoms in total. The molecule has 0 heterocycles. The Morgan fingerprint density at radius 2 is 1.93 bits per heavy atom. The van der Waals surface area contributed by atoms with Gasteiger partial charge in [0.2, 0.25) is 0 Å². The standard InChI is InChI=1S/C12H25NOS/c1-15-9-3-2-8-13-10-11-4-6-12(14)7-5-11/h11-14H,2-10H2,1H3. The summed E-state index contributed by atoms with van der Waals surface area (Å²) in [5.41, 5.74) is 0. The highest BCUT2D eigenvalue weighted by molar-refractivity contribution is 7.98. The zero-order valence-electron chi connectivity index (χ0n) is 9.87. The van der Waals surface area contributed by atoms with E-state index in [0.717, 1.165) is 25.3 Å². The number of hydrogen-bond donors (Lipinski definition) is 2. The van der Waals surface area contributed by atoms with E-state index in [2.05, 4.69) is 11.6 Å². The third-order valence-electron chi connectivity index (χ3n) is 3.20. The van der Waals surface area contributed by atoms with E-state index in [9.17, 15) is 5.11 Å². The lowest BCUT2D eigenvalue weighted by Crippen LogP contribution is -2.28. The largest absolute Gasteiger partial charge is 0.393 e. The zero-order chi connectivity index (χ0) is 10.9. The molecule has 1 saturated carbocycles. The second-order valence-corrected chi connectivity index (χ2v) is 5.56. The second-order valence-electron chi connectivity index (χ2n) is 4.58. The molecule has 0 aromatic carbocycles. The Labute approximate surface area is 98.2 Å². The fraction of sp³-hybridized carbons (Fsp3) is 1.00. The molecule has 90 valence electrons. The maximum absolute atomic E-state index is 9.37. The third-order valence-corrected chi connectivity index (χ3v) is 3.90. The minimum atomic E-state index is -0.0113. The molecule has 1 fully saturated rings. The minimum absolute atomic E-state index is 0.0113. The molecule has 0 saturated heterocycles. The predicted octanol–water partition coefficient (Wildman–Crippen LogP) is 2.27. The van der Waals surface area contributed by atoms with E-state index < -0.39 is 0 Å². The molecule has 15 heavy (non-hydrogen) atoms. The van der Waals surface area contributed by atoms with Gasteiger partial charge in [-0.1, -0.05) is 0 Å². The summed E-state index contributed by atoms with van der Waals surface area (Å²) >= 11 is 1.93. The Kier molecular flexibility index (Phi) is 7.49. The van der Waals surface area contributed by atoms with Crippen molar-refractivity contribution in [2.45, 2.75) is 44.6 Å². The van der Waals surface area contributed by atoms with Crippen LogP contribution in [-0.2, 0) is 0 Å². The molecule has 0 atom stereocenters. The summed E-state index contributed by atoms with van der Waals surface area (Å²) in [6.45, 7) is 2.33. The number of unbranched alkanes of at least 4 members (excludes halogenated alkanes) is 1. The van der Waals surface area contributed by atoms with E-state index in [-0.39, 0.29) is 6.10 Å². The molecule has 1 aliphatic rings. The van der Waals surface area contributed by atoms with Crippen molar-refractivity contribution >= 4 is 11.8 Å². The van der Waals surface area contributed by atoms with Gasteiger partial charge in [0, 0.05) is 0 Å². The van der Waals surface area contributed by atoms with Crippen LogP contribution in [0.15, 0.2) is 0 Å². The summed E-state index contributed by atoms with van der Waals surface area (Å²) in [6.07, 6.45) is 9.23. The Balaban J connectivity index is 1.87. The average Bonchev–Trinajstić information content (AvgIpc) is 2.26. The van der Waals surface area contributed by atoms with Gasteiger partial charge in [0.25, 0.3) is 0 Å². The SMILES string of the molecule is CSCCCCNCC1CCC(O)CC1. The van der Waals surface area contributed by atoms with Crippen LogP contribution in [0.5, 0.6) is 0 Å². The molecule has 0 bridgehead atoms. The molecule has 0 aromatic heterocycles. The Morgan fingerprint density at radius 1 is 1.20 bits per heavy atom. The molecule has 0 radical (unpaired) electrons. The van der Waals surface area contributed by atoms with Gasteiger partial charge in [-0.3, -0.25) is 0 Å². The Bertz CT molecular complexity index is 147. The van der Waals surface area contributed by atoms with E-state index in [1.807, 2.05) is 11.8 Å². The van der Waals surface area contributed by atoms with Crippen molar-refractivity contribution in [3.8, 4) is 0 Å². The van der Waals surface area contributed by atoms with Gasteiger partial charge >= 0.3 is 0 Å². The van der Waals surface area contributed by atoms with Crippen LogP contribution in [0.3, 0.4) is 0 Å². The first-order chi connectivity index (χ1) is 7.33. The highest BCUT2D eigenvalue weighted by atomic mass is 32.2. The summed E-state index contributed by atoms with van der Waals surface area (Å²) in [5, 5.41) is 12.9. The lowest BCUT2D eigenvalue weighted by Gasteiger charge is -2.25. The molecule has 3 heteroatoms. The predicted molar refractivity (Wildman–Crippen MR) is 68.5 cm³/mol. The van der Waals surface area contributed by atoms with Gasteiger partial charge in [-0.25, -0.2) is 0 Å². The Morgan fingerprint density at radius 3 is 2.60 bits per heavy atom. The summed E-state index contributed by atoms with van der Waals surface area (Å²) < 4.78 is 0. The molecular weight excluding hydrogens is 206 g/mol. The first-order valence-corrected chi connectivity index (χ1v) is 7.60. The molecule has 1 rings (SSSR count). The Hall–Kier alpha value is 0.270. The van der Waals surface area contributed by atoms with Crippen LogP contribution in [-0.4, -0.2) is 36.3 Å². The summed E-state index contributed by atoms with van der Waals surface area (Å²) in [7, 11) is 0. The van der Waals surface area contributed by atoms with Gasteiger partial charge in [0.1, 0.15) is 0 Å². The molecule has 0 amide bonds. The fourth-order valence-electron chi connectivity index (χ4n) is 2.15. The van der Waals surface area contributed by atoms with Crippen molar-refractivity contribution in [2.24, 2.45) is 5.92 Å². The lowest BCUT2D eigenvalue weighted by molar-refractivity contribution is 0.108. The maximum Gasteiger partial charge on any atom is 0.0540 e.